The molecule has 3 heteroatoms. The highest BCUT2D eigenvalue weighted by Crippen LogP contribution is 2.15. The van der Waals surface area contributed by atoms with Crippen molar-refractivity contribution in [2.45, 2.75) is 13.5 Å². The Morgan fingerprint density at radius 2 is 2.33 bits per heavy atom. The standard InChI is InChI=1S/C9H9FN2/c1-2-12-6-7-8(10)4-3-5-9(7)11-12/h3-6H,2H2,1H3. The highest BCUT2D eigenvalue weighted by molar-refractivity contribution is 5.78. The first-order valence-electron chi connectivity index (χ1n) is 3.93. The van der Waals surface area contributed by atoms with Crippen LogP contribution in [0.25, 0.3) is 10.9 Å². The van der Waals surface area contributed by atoms with Gasteiger partial charge in [0.1, 0.15) is 5.82 Å². The Morgan fingerprint density at radius 1 is 1.50 bits per heavy atom. The number of rotatable bonds is 1. The third kappa shape index (κ3) is 0.978. The lowest BCUT2D eigenvalue weighted by Gasteiger charge is -1.88. The van der Waals surface area contributed by atoms with Crippen molar-refractivity contribution in [2.24, 2.45) is 0 Å². The summed E-state index contributed by atoms with van der Waals surface area (Å²) in [4.78, 5) is 0. The Balaban J connectivity index is 2.74. The molecular weight excluding hydrogens is 155 g/mol. The van der Waals surface area contributed by atoms with Crippen molar-refractivity contribution in [3.8, 4) is 0 Å². The second-order valence-electron chi connectivity index (χ2n) is 2.66. The van der Waals surface area contributed by atoms with Crippen molar-refractivity contribution in [1.82, 2.24) is 9.78 Å². The second-order valence-corrected chi connectivity index (χ2v) is 2.66. The maximum atomic E-state index is 13.1. The number of hydrogen-bond donors (Lipinski definition) is 0. The van der Waals surface area contributed by atoms with Gasteiger partial charge in [0.2, 0.25) is 0 Å². The molecule has 0 aliphatic heterocycles. The Hall–Kier alpha value is -1.38. The van der Waals surface area contributed by atoms with Crippen LogP contribution in [0.2, 0.25) is 0 Å². The lowest BCUT2D eigenvalue weighted by molar-refractivity contribution is 0.638. The Kier molecular flexibility index (Phi) is 1.57. The summed E-state index contributed by atoms with van der Waals surface area (Å²) in [5.74, 6) is -0.202. The third-order valence-electron chi connectivity index (χ3n) is 1.87. The monoisotopic (exact) mass is 164 g/mol. The van der Waals surface area contributed by atoms with E-state index in [2.05, 4.69) is 5.10 Å². The summed E-state index contributed by atoms with van der Waals surface area (Å²) in [6.07, 6.45) is 1.73. The van der Waals surface area contributed by atoms with Crippen LogP contribution in [-0.4, -0.2) is 9.78 Å². The number of benzene rings is 1. The minimum Gasteiger partial charge on any atom is -0.272 e. The molecule has 0 saturated carbocycles. The number of aryl methyl sites for hydroxylation is 1. The number of aromatic nitrogens is 2. The first kappa shape index (κ1) is 7.28. The van der Waals surface area contributed by atoms with Gasteiger partial charge in [-0.25, -0.2) is 4.39 Å². The Morgan fingerprint density at radius 3 is 3.00 bits per heavy atom. The maximum absolute atomic E-state index is 13.1. The zero-order valence-corrected chi connectivity index (χ0v) is 6.79. The molecule has 1 aromatic heterocycles. The van der Waals surface area contributed by atoms with Gasteiger partial charge in [0.15, 0.2) is 0 Å². The summed E-state index contributed by atoms with van der Waals surface area (Å²) in [5, 5.41) is 4.77. The van der Waals surface area contributed by atoms with Crippen LogP contribution in [0.4, 0.5) is 4.39 Å². The molecule has 2 aromatic rings. The Bertz CT molecular complexity index is 406. The molecule has 0 radical (unpaired) electrons. The summed E-state index contributed by atoms with van der Waals surface area (Å²) in [6.45, 7) is 2.75. The van der Waals surface area contributed by atoms with Crippen LogP contribution in [-0.2, 0) is 6.54 Å². The van der Waals surface area contributed by atoms with E-state index in [9.17, 15) is 4.39 Å². The number of hydrogen-bond acceptors (Lipinski definition) is 1. The molecule has 0 saturated heterocycles. The molecule has 0 fully saturated rings. The van der Waals surface area contributed by atoms with E-state index < -0.39 is 0 Å². The fraction of sp³-hybridized carbons (Fsp3) is 0.222. The average molecular weight is 164 g/mol. The van der Waals surface area contributed by atoms with Gasteiger partial charge in [-0.15, -0.1) is 0 Å². The predicted octanol–water partition coefficient (Wildman–Crippen LogP) is 2.20. The summed E-state index contributed by atoms with van der Waals surface area (Å²) in [7, 11) is 0. The number of halogens is 1. The van der Waals surface area contributed by atoms with Crippen molar-refractivity contribution in [3.63, 3.8) is 0 Å². The molecule has 12 heavy (non-hydrogen) atoms. The van der Waals surface area contributed by atoms with Crippen LogP contribution in [0.15, 0.2) is 24.4 Å². The first-order chi connectivity index (χ1) is 5.81. The topological polar surface area (TPSA) is 17.8 Å². The SMILES string of the molecule is CCn1cc2c(F)cccc2n1. The lowest BCUT2D eigenvalue weighted by atomic mass is 10.2. The van der Waals surface area contributed by atoms with Gasteiger partial charge in [0.25, 0.3) is 0 Å². The molecule has 2 rings (SSSR count). The molecule has 62 valence electrons. The highest BCUT2D eigenvalue weighted by atomic mass is 19.1. The summed E-state index contributed by atoms with van der Waals surface area (Å²) in [5.41, 5.74) is 0.719. The van der Waals surface area contributed by atoms with Gasteiger partial charge < -0.3 is 0 Å². The molecule has 0 aliphatic rings. The summed E-state index contributed by atoms with van der Waals surface area (Å²) < 4.78 is 14.8. The van der Waals surface area contributed by atoms with Crippen LogP contribution < -0.4 is 0 Å². The van der Waals surface area contributed by atoms with E-state index in [1.165, 1.54) is 6.07 Å². The van der Waals surface area contributed by atoms with Gasteiger partial charge in [0.05, 0.1) is 10.9 Å². The normalized spacial score (nSPS) is 10.8. The lowest BCUT2D eigenvalue weighted by Crippen LogP contribution is -1.92. The minimum atomic E-state index is -0.202. The van der Waals surface area contributed by atoms with Crippen molar-refractivity contribution in [1.29, 1.82) is 0 Å². The van der Waals surface area contributed by atoms with E-state index in [0.717, 1.165) is 12.1 Å². The molecule has 0 atom stereocenters. The molecular formula is C9H9FN2. The zero-order valence-electron chi connectivity index (χ0n) is 6.79. The molecule has 0 bridgehead atoms. The second kappa shape index (κ2) is 2.59. The van der Waals surface area contributed by atoms with Gasteiger partial charge in [-0.3, -0.25) is 4.68 Å². The van der Waals surface area contributed by atoms with Gasteiger partial charge in [-0.1, -0.05) is 6.07 Å². The van der Waals surface area contributed by atoms with Crippen molar-refractivity contribution < 1.29 is 4.39 Å². The van der Waals surface area contributed by atoms with Crippen LogP contribution in [0.1, 0.15) is 6.92 Å². The van der Waals surface area contributed by atoms with Gasteiger partial charge in [-0.05, 0) is 19.1 Å². The van der Waals surface area contributed by atoms with E-state index in [0.29, 0.717) is 5.39 Å². The first-order valence-corrected chi connectivity index (χ1v) is 3.93. The van der Waals surface area contributed by atoms with E-state index in [4.69, 9.17) is 0 Å². The predicted molar refractivity (Wildman–Crippen MR) is 45.4 cm³/mol. The highest BCUT2D eigenvalue weighted by Gasteiger charge is 2.02. The van der Waals surface area contributed by atoms with Crippen molar-refractivity contribution in [2.75, 3.05) is 0 Å². The van der Waals surface area contributed by atoms with E-state index in [-0.39, 0.29) is 5.82 Å². The molecule has 1 heterocycles. The van der Waals surface area contributed by atoms with Crippen LogP contribution in [0.3, 0.4) is 0 Å². The third-order valence-corrected chi connectivity index (χ3v) is 1.87. The largest absolute Gasteiger partial charge is 0.272 e. The van der Waals surface area contributed by atoms with Crippen LogP contribution in [0, 0.1) is 5.82 Å². The fourth-order valence-corrected chi connectivity index (χ4v) is 1.22. The van der Waals surface area contributed by atoms with E-state index >= 15 is 0 Å². The molecule has 0 unspecified atom stereocenters. The van der Waals surface area contributed by atoms with Crippen LogP contribution >= 0.6 is 0 Å². The quantitative estimate of drug-likeness (QED) is 0.631. The minimum absolute atomic E-state index is 0.202. The summed E-state index contributed by atoms with van der Waals surface area (Å²) in [6, 6.07) is 4.93. The average Bonchev–Trinajstić information content (AvgIpc) is 2.49. The summed E-state index contributed by atoms with van der Waals surface area (Å²) >= 11 is 0. The zero-order chi connectivity index (χ0) is 8.55. The van der Waals surface area contributed by atoms with E-state index in [1.807, 2.05) is 13.0 Å². The van der Waals surface area contributed by atoms with E-state index in [1.54, 1.807) is 16.9 Å². The molecule has 0 aliphatic carbocycles. The molecule has 0 N–H and O–H groups in total. The number of fused-ring (bicyclic) bond motifs is 1. The van der Waals surface area contributed by atoms with Crippen molar-refractivity contribution in [3.05, 3.63) is 30.2 Å². The fourth-order valence-electron chi connectivity index (χ4n) is 1.22. The van der Waals surface area contributed by atoms with Crippen molar-refractivity contribution >= 4 is 10.9 Å². The molecule has 0 spiro atoms. The molecule has 0 amide bonds. The van der Waals surface area contributed by atoms with Gasteiger partial charge in [0, 0.05) is 12.7 Å². The van der Waals surface area contributed by atoms with Gasteiger partial charge in [-0.2, -0.15) is 5.10 Å². The maximum Gasteiger partial charge on any atom is 0.134 e. The molecule has 2 nitrogen and oxygen atoms in total. The smallest absolute Gasteiger partial charge is 0.134 e. The van der Waals surface area contributed by atoms with Crippen LogP contribution in [0.5, 0.6) is 0 Å². The Labute approximate surface area is 69.6 Å². The van der Waals surface area contributed by atoms with Gasteiger partial charge >= 0.3 is 0 Å². The molecule has 1 aromatic carbocycles. The number of nitrogens with zero attached hydrogens (tertiary/aromatic N) is 2.